The van der Waals surface area contributed by atoms with Gasteiger partial charge in [0.05, 0.1) is 13.1 Å². The molecule has 0 atom stereocenters. The van der Waals surface area contributed by atoms with Crippen molar-refractivity contribution in [3.63, 3.8) is 0 Å². The third-order valence-electron chi connectivity index (χ3n) is 5.21. The van der Waals surface area contributed by atoms with Gasteiger partial charge in [0.15, 0.2) is 0 Å². The number of nitrogens with zero attached hydrogens (tertiary/aromatic N) is 3. The monoisotopic (exact) mass is 433 g/mol. The number of hydrogen-bond donors (Lipinski definition) is 2. The van der Waals surface area contributed by atoms with Crippen LogP contribution in [0.15, 0.2) is 54.7 Å². The molecule has 1 aromatic heterocycles. The van der Waals surface area contributed by atoms with Crippen molar-refractivity contribution in [1.82, 2.24) is 19.8 Å². The molecule has 2 aromatic carbocycles. The van der Waals surface area contributed by atoms with Crippen LogP contribution in [0.25, 0.3) is 17.5 Å². The summed E-state index contributed by atoms with van der Waals surface area (Å²) in [5.41, 5.74) is 3.44. The summed E-state index contributed by atoms with van der Waals surface area (Å²) in [6.07, 6.45) is 3.61. The normalized spacial score (nSPS) is 13.2. The van der Waals surface area contributed by atoms with Crippen molar-refractivity contribution in [3.05, 3.63) is 71.9 Å². The van der Waals surface area contributed by atoms with Crippen LogP contribution in [-0.4, -0.2) is 32.4 Å². The van der Waals surface area contributed by atoms with Gasteiger partial charge < -0.3 is 15.5 Å². The minimum absolute atomic E-state index is 0.0261. The molecular weight excluding hydrogens is 405 g/mol. The number of aryl methyl sites for hydroxylation is 1. The molecule has 4 rings (SSSR count). The molecule has 1 aliphatic rings. The molecule has 0 bridgehead atoms. The number of rotatable bonds is 5. The summed E-state index contributed by atoms with van der Waals surface area (Å²) >= 11 is 0. The number of imidazole rings is 1. The fourth-order valence-corrected chi connectivity index (χ4v) is 3.42. The Morgan fingerprint density at radius 3 is 2.41 bits per heavy atom. The van der Waals surface area contributed by atoms with E-state index in [1.807, 2.05) is 62.7 Å². The topological polar surface area (TPSA) is 62.2 Å². The van der Waals surface area contributed by atoms with Gasteiger partial charge in [-0.25, -0.2) is 9.37 Å². The minimum Gasteiger partial charge on any atom is -0.339 e. The number of amides is 1. The minimum atomic E-state index is -0.297. The summed E-state index contributed by atoms with van der Waals surface area (Å²) in [6.45, 7) is 8.71. The van der Waals surface area contributed by atoms with Gasteiger partial charge in [0.1, 0.15) is 23.2 Å². The van der Waals surface area contributed by atoms with Crippen LogP contribution in [0, 0.1) is 12.7 Å². The lowest BCUT2D eigenvalue weighted by molar-refractivity contribution is -0.128. The Morgan fingerprint density at radius 1 is 1.06 bits per heavy atom. The maximum absolute atomic E-state index is 13.5. The lowest BCUT2D eigenvalue weighted by Gasteiger charge is -2.26. The van der Waals surface area contributed by atoms with Crippen LogP contribution in [0.4, 0.5) is 15.9 Å². The number of benzene rings is 2. The zero-order chi connectivity index (χ0) is 22.9. The Hall–Kier alpha value is -3.45. The van der Waals surface area contributed by atoms with Crippen LogP contribution in [0.5, 0.6) is 0 Å². The highest BCUT2D eigenvalue weighted by Crippen LogP contribution is 2.33. The summed E-state index contributed by atoms with van der Waals surface area (Å²) < 4.78 is 15.5. The molecule has 7 heteroatoms. The molecule has 0 aliphatic carbocycles. The standard InChI is InChI=1S/C25H28FN5O/c1-17-5-11-20(12-6-17)28-24-23(18-7-9-19(26)10-8-18)29-21-16-30(13-14-31(21)24)22(32)15-27-25(2,3)4/h5-14,27-28H,15-16H2,1-4H3. The quantitative estimate of drug-likeness (QED) is 0.601. The van der Waals surface area contributed by atoms with E-state index in [1.165, 1.54) is 17.7 Å². The van der Waals surface area contributed by atoms with E-state index in [0.29, 0.717) is 12.2 Å². The van der Waals surface area contributed by atoms with Gasteiger partial charge in [-0.2, -0.15) is 0 Å². The highest BCUT2D eigenvalue weighted by Gasteiger charge is 2.25. The molecule has 1 aliphatic heterocycles. The number of carbonyl (C=O) groups excluding carboxylic acids is 1. The third-order valence-corrected chi connectivity index (χ3v) is 5.21. The van der Waals surface area contributed by atoms with Crippen molar-refractivity contribution in [2.45, 2.75) is 39.8 Å². The Kier molecular flexibility index (Phi) is 5.84. The molecule has 0 radical (unpaired) electrons. The zero-order valence-corrected chi connectivity index (χ0v) is 18.8. The average molecular weight is 434 g/mol. The fraction of sp³-hybridized carbons (Fsp3) is 0.280. The van der Waals surface area contributed by atoms with Gasteiger partial charge in [-0.05, 0) is 64.1 Å². The first-order valence-electron chi connectivity index (χ1n) is 10.6. The van der Waals surface area contributed by atoms with Gasteiger partial charge in [-0.1, -0.05) is 17.7 Å². The summed E-state index contributed by atoms with van der Waals surface area (Å²) in [4.78, 5) is 19.2. The highest BCUT2D eigenvalue weighted by atomic mass is 19.1. The molecule has 1 amide bonds. The van der Waals surface area contributed by atoms with Crippen LogP contribution in [0.1, 0.15) is 32.2 Å². The smallest absolute Gasteiger partial charge is 0.240 e. The van der Waals surface area contributed by atoms with Gasteiger partial charge in [0.2, 0.25) is 5.91 Å². The van der Waals surface area contributed by atoms with Crippen molar-refractivity contribution < 1.29 is 9.18 Å². The first-order chi connectivity index (χ1) is 15.2. The number of nitrogens with one attached hydrogen (secondary N) is 2. The second-order valence-corrected chi connectivity index (χ2v) is 9.02. The molecule has 0 unspecified atom stereocenters. The van der Waals surface area contributed by atoms with Crippen molar-refractivity contribution in [2.75, 3.05) is 11.9 Å². The first kappa shape index (κ1) is 21.8. The van der Waals surface area contributed by atoms with Crippen LogP contribution < -0.4 is 10.6 Å². The number of anilines is 2. The van der Waals surface area contributed by atoms with E-state index in [1.54, 1.807) is 23.2 Å². The van der Waals surface area contributed by atoms with E-state index in [0.717, 1.165) is 22.9 Å². The predicted octanol–water partition coefficient (Wildman–Crippen LogP) is 4.90. The lowest BCUT2D eigenvalue weighted by Crippen LogP contribution is -2.43. The maximum atomic E-state index is 13.5. The molecular formula is C25H28FN5O. The first-order valence-corrected chi connectivity index (χ1v) is 10.6. The van der Waals surface area contributed by atoms with E-state index >= 15 is 0 Å². The third kappa shape index (κ3) is 4.89. The Balaban J connectivity index is 1.66. The van der Waals surface area contributed by atoms with E-state index in [-0.39, 0.29) is 23.8 Å². The van der Waals surface area contributed by atoms with Crippen LogP contribution in [-0.2, 0) is 11.3 Å². The molecule has 166 valence electrons. The molecule has 2 heterocycles. The van der Waals surface area contributed by atoms with E-state index in [4.69, 9.17) is 4.98 Å². The number of halogens is 1. The van der Waals surface area contributed by atoms with Gasteiger partial charge in [-0.3, -0.25) is 9.36 Å². The number of aromatic nitrogens is 2. The van der Waals surface area contributed by atoms with E-state index in [9.17, 15) is 9.18 Å². The number of fused-ring (bicyclic) bond motifs is 1. The fourth-order valence-electron chi connectivity index (χ4n) is 3.42. The Morgan fingerprint density at radius 2 is 1.75 bits per heavy atom. The van der Waals surface area contributed by atoms with Crippen LogP contribution in [0.3, 0.4) is 0 Å². The SMILES string of the molecule is Cc1ccc(Nc2c(-c3ccc(F)cc3)nc3n2C=CN(C(=O)CNC(C)(C)C)C3)cc1. The second kappa shape index (κ2) is 8.59. The summed E-state index contributed by atoms with van der Waals surface area (Å²) in [7, 11) is 0. The summed E-state index contributed by atoms with van der Waals surface area (Å²) in [5.74, 6) is 1.17. The summed E-state index contributed by atoms with van der Waals surface area (Å²) in [6, 6.07) is 14.3. The van der Waals surface area contributed by atoms with E-state index < -0.39 is 0 Å². The molecule has 0 spiro atoms. The molecule has 2 N–H and O–H groups in total. The maximum Gasteiger partial charge on any atom is 0.240 e. The van der Waals surface area contributed by atoms with Gasteiger partial charge in [0, 0.05) is 29.2 Å². The molecule has 6 nitrogen and oxygen atoms in total. The highest BCUT2D eigenvalue weighted by molar-refractivity contribution is 5.82. The van der Waals surface area contributed by atoms with Crippen LogP contribution in [0.2, 0.25) is 0 Å². The Bertz CT molecular complexity index is 1140. The lowest BCUT2D eigenvalue weighted by atomic mass is 10.1. The molecule has 0 saturated heterocycles. The largest absolute Gasteiger partial charge is 0.339 e. The van der Waals surface area contributed by atoms with Gasteiger partial charge in [-0.15, -0.1) is 0 Å². The predicted molar refractivity (Wildman–Crippen MR) is 126 cm³/mol. The zero-order valence-electron chi connectivity index (χ0n) is 18.8. The van der Waals surface area contributed by atoms with Crippen molar-refractivity contribution >= 4 is 23.6 Å². The molecule has 32 heavy (non-hydrogen) atoms. The number of hydrogen-bond acceptors (Lipinski definition) is 4. The van der Waals surface area contributed by atoms with Crippen molar-refractivity contribution in [3.8, 4) is 11.3 Å². The van der Waals surface area contributed by atoms with Crippen molar-refractivity contribution in [2.24, 2.45) is 0 Å². The molecule has 0 fully saturated rings. The van der Waals surface area contributed by atoms with Crippen LogP contribution >= 0.6 is 0 Å². The molecule has 3 aromatic rings. The average Bonchev–Trinajstić information content (AvgIpc) is 3.11. The molecule has 0 saturated carbocycles. The van der Waals surface area contributed by atoms with Gasteiger partial charge in [0.25, 0.3) is 0 Å². The number of carbonyl (C=O) groups is 1. The van der Waals surface area contributed by atoms with Crippen molar-refractivity contribution in [1.29, 1.82) is 0 Å². The van der Waals surface area contributed by atoms with Gasteiger partial charge >= 0.3 is 0 Å². The second-order valence-electron chi connectivity index (χ2n) is 9.02. The van der Waals surface area contributed by atoms with E-state index in [2.05, 4.69) is 10.6 Å². The Labute approximate surface area is 187 Å². The summed E-state index contributed by atoms with van der Waals surface area (Å²) in [5, 5.41) is 6.68.